The molecule has 0 aliphatic rings. The Kier molecular flexibility index (Phi) is 4.21. The van der Waals surface area contributed by atoms with Crippen LogP contribution >= 0.6 is 15.9 Å². The van der Waals surface area contributed by atoms with Gasteiger partial charge in [0.25, 0.3) is 10.0 Å². The van der Waals surface area contributed by atoms with Gasteiger partial charge in [0.05, 0.1) is 22.2 Å². The Balaban J connectivity index is 2.40. The van der Waals surface area contributed by atoms with Crippen molar-refractivity contribution >= 4 is 37.3 Å². The van der Waals surface area contributed by atoms with Gasteiger partial charge in [-0.05, 0) is 64.8 Å². The van der Waals surface area contributed by atoms with Crippen LogP contribution in [0.25, 0.3) is 0 Å². The van der Waals surface area contributed by atoms with Crippen molar-refractivity contribution in [2.75, 3.05) is 10.5 Å². The summed E-state index contributed by atoms with van der Waals surface area (Å²) in [5.74, 6) is 0. The molecule has 0 saturated carbocycles. The molecule has 0 aliphatic carbocycles. The zero-order valence-electron chi connectivity index (χ0n) is 11.1. The maximum atomic E-state index is 12.4. The number of anilines is 2. The monoisotopic (exact) mass is 365 g/mol. The molecular weight excluding hydrogens is 354 g/mol. The lowest BCUT2D eigenvalue weighted by atomic mass is 10.2. The van der Waals surface area contributed by atoms with E-state index in [0.717, 1.165) is 5.56 Å². The lowest BCUT2D eigenvalue weighted by Crippen LogP contribution is -2.14. The smallest absolute Gasteiger partial charge is 0.262 e. The van der Waals surface area contributed by atoms with Gasteiger partial charge in [-0.15, -0.1) is 0 Å². The van der Waals surface area contributed by atoms with Crippen molar-refractivity contribution in [2.45, 2.75) is 11.8 Å². The van der Waals surface area contributed by atoms with E-state index in [1.807, 2.05) is 6.07 Å². The molecule has 0 atom stereocenters. The normalized spacial score (nSPS) is 10.9. The third-order valence-electron chi connectivity index (χ3n) is 2.73. The minimum Gasteiger partial charge on any atom is -0.399 e. The fourth-order valence-electron chi connectivity index (χ4n) is 1.80. The second kappa shape index (κ2) is 5.76. The zero-order chi connectivity index (χ0) is 15.6. The second-order valence-corrected chi connectivity index (χ2v) is 7.03. The van der Waals surface area contributed by atoms with Crippen LogP contribution in [0.2, 0.25) is 0 Å². The van der Waals surface area contributed by atoms with Crippen molar-refractivity contribution in [1.29, 1.82) is 5.26 Å². The van der Waals surface area contributed by atoms with Crippen molar-refractivity contribution < 1.29 is 8.42 Å². The summed E-state index contributed by atoms with van der Waals surface area (Å²) in [5, 5.41) is 8.80. The number of halogens is 1. The summed E-state index contributed by atoms with van der Waals surface area (Å²) in [4.78, 5) is 0.0938. The number of nitrogens with one attached hydrogen (secondary N) is 1. The average molecular weight is 366 g/mol. The summed E-state index contributed by atoms with van der Waals surface area (Å²) in [6, 6.07) is 11.2. The molecular formula is C14H12BrN3O2S. The van der Waals surface area contributed by atoms with Gasteiger partial charge in [0.15, 0.2) is 0 Å². The Morgan fingerprint density at radius 2 is 1.95 bits per heavy atom. The highest BCUT2D eigenvalue weighted by molar-refractivity contribution is 9.10. The number of nitriles is 1. The molecule has 0 heterocycles. The molecule has 7 heteroatoms. The predicted molar refractivity (Wildman–Crippen MR) is 85.3 cm³/mol. The van der Waals surface area contributed by atoms with E-state index >= 15 is 0 Å². The molecule has 0 spiro atoms. The molecule has 5 nitrogen and oxygen atoms in total. The number of rotatable bonds is 3. The lowest BCUT2D eigenvalue weighted by Gasteiger charge is -2.11. The molecule has 0 saturated heterocycles. The average Bonchev–Trinajstić information content (AvgIpc) is 2.40. The highest BCUT2D eigenvalue weighted by Gasteiger charge is 2.16. The van der Waals surface area contributed by atoms with Crippen LogP contribution in [0, 0.1) is 18.3 Å². The van der Waals surface area contributed by atoms with E-state index in [0.29, 0.717) is 21.4 Å². The van der Waals surface area contributed by atoms with E-state index in [9.17, 15) is 8.42 Å². The van der Waals surface area contributed by atoms with Gasteiger partial charge in [-0.3, -0.25) is 4.72 Å². The molecule has 0 aromatic heterocycles. The molecule has 2 rings (SSSR count). The summed E-state index contributed by atoms with van der Waals surface area (Å²) < 4.78 is 27.7. The first-order chi connectivity index (χ1) is 9.81. The van der Waals surface area contributed by atoms with E-state index in [4.69, 9.17) is 11.0 Å². The Morgan fingerprint density at radius 1 is 1.24 bits per heavy atom. The van der Waals surface area contributed by atoms with Crippen molar-refractivity contribution in [3.63, 3.8) is 0 Å². The summed E-state index contributed by atoms with van der Waals surface area (Å²) in [6.45, 7) is 1.77. The zero-order valence-corrected chi connectivity index (χ0v) is 13.5. The quantitative estimate of drug-likeness (QED) is 0.817. The standard InChI is InChI=1S/C14H12BrN3O2S/c1-9-4-11(17)7-12(5-9)21(19,20)18-14-3-2-10(8-16)6-13(14)15/h2-7,18H,17H2,1H3. The molecule has 21 heavy (non-hydrogen) atoms. The van der Waals surface area contributed by atoms with Gasteiger partial charge in [0, 0.05) is 10.2 Å². The highest BCUT2D eigenvalue weighted by Crippen LogP contribution is 2.27. The molecule has 0 amide bonds. The van der Waals surface area contributed by atoms with Crippen LogP contribution in [0.1, 0.15) is 11.1 Å². The summed E-state index contributed by atoms with van der Waals surface area (Å²) in [7, 11) is -3.74. The number of aryl methyl sites for hydroxylation is 1. The van der Waals surface area contributed by atoms with Gasteiger partial charge in [0.2, 0.25) is 0 Å². The first-order valence-corrected chi connectivity index (χ1v) is 8.19. The van der Waals surface area contributed by atoms with Crippen LogP contribution < -0.4 is 10.5 Å². The lowest BCUT2D eigenvalue weighted by molar-refractivity contribution is 0.601. The van der Waals surface area contributed by atoms with Gasteiger partial charge in [-0.2, -0.15) is 5.26 Å². The van der Waals surface area contributed by atoms with Crippen molar-refractivity contribution in [3.05, 3.63) is 52.0 Å². The third kappa shape index (κ3) is 3.54. The van der Waals surface area contributed by atoms with E-state index < -0.39 is 10.0 Å². The van der Waals surface area contributed by atoms with Gasteiger partial charge in [0.1, 0.15) is 0 Å². The molecule has 2 aromatic rings. The molecule has 2 aromatic carbocycles. The number of nitrogens with two attached hydrogens (primary N) is 1. The molecule has 0 aliphatic heterocycles. The Hall–Kier alpha value is -2.04. The molecule has 0 radical (unpaired) electrons. The second-order valence-electron chi connectivity index (χ2n) is 4.49. The van der Waals surface area contributed by atoms with E-state index in [-0.39, 0.29) is 4.90 Å². The maximum Gasteiger partial charge on any atom is 0.262 e. The highest BCUT2D eigenvalue weighted by atomic mass is 79.9. The molecule has 0 bridgehead atoms. The summed E-state index contributed by atoms with van der Waals surface area (Å²) in [6.07, 6.45) is 0. The van der Waals surface area contributed by atoms with Crippen LogP contribution in [-0.2, 0) is 10.0 Å². The number of nitrogen functional groups attached to an aromatic ring is 1. The molecule has 108 valence electrons. The van der Waals surface area contributed by atoms with Crippen molar-refractivity contribution in [2.24, 2.45) is 0 Å². The van der Waals surface area contributed by atoms with Crippen LogP contribution in [0.5, 0.6) is 0 Å². The molecule has 3 N–H and O–H groups in total. The number of benzene rings is 2. The number of sulfonamides is 1. The number of hydrogen-bond donors (Lipinski definition) is 2. The van der Waals surface area contributed by atoms with Gasteiger partial charge < -0.3 is 5.73 Å². The fraction of sp³-hybridized carbons (Fsp3) is 0.0714. The topological polar surface area (TPSA) is 96.0 Å². The van der Waals surface area contributed by atoms with Crippen molar-refractivity contribution in [1.82, 2.24) is 0 Å². The predicted octanol–water partition coefficient (Wildman–Crippen LogP) is 3.01. The van der Waals surface area contributed by atoms with Crippen LogP contribution in [0.3, 0.4) is 0 Å². The van der Waals surface area contributed by atoms with Crippen LogP contribution in [0.15, 0.2) is 45.8 Å². The summed E-state index contributed by atoms with van der Waals surface area (Å²) in [5.41, 5.74) is 7.61. The minimum atomic E-state index is -3.74. The van der Waals surface area contributed by atoms with E-state index in [1.54, 1.807) is 19.1 Å². The van der Waals surface area contributed by atoms with Crippen LogP contribution in [-0.4, -0.2) is 8.42 Å². The van der Waals surface area contributed by atoms with Crippen molar-refractivity contribution in [3.8, 4) is 6.07 Å². The molecule has 0 unspecified atom stereocenters. The van der Waals surface area contributed by atoms with Crippen LogP contribution in [0.4, 0.5) is 11.4 Å². The first-order valence-electron chi connectivity index (χ1n) is 5.91. The Bertz CT molecular complexity index is 822. The SMILES string of the molecule is Cc1cc(N)cc(S(=O)(=O)Nc2ccc(C#N)cc2Br)c1. The van der Waals surface area contributed by atoms with Gasteiger partial charge in [-0.1, -0.05) is 0 Å². The summed E-state index contributed by atoms with van der Waals surface area (Å²) >= 11 is 3.24. The van der Waals surface area contributed by atoms with Gasteiger partial charge >= 0.3 is 0 Å². The maximum absolute atomic E-state index is 12.4. The van der Waals surface area contributed by atoms with E-state index in [2.05, 4.69) is 20.7 Å². The largest absolute Gasteiger partial charge is 0.399 e. The fourth-order valence-corrected chi connectivity index (χ4v) is 3.63. The Morgan fingerprint density at radius 3 is 2.52 bits per heavy atom. The van der Waals surface area contributed by atoms with Gasteiger partial charge in [-0.25, -0.2) is 8.42 Å². The number of hydrogen-bond acceptors (Lipinski definition) is 4. The number of nitrogens with zero attached hydrogens (tertiary/aromatic N) is 1. The van der Waals surface area contributed by atoms with E-state index in [1.165, 1.54) is 24.3 Å². The first kappa shape index (κ1) is 15.4. The third-order valence-corrected chi connectivity index (χ3v) is 4.73. The molecule has 0 fully saturated rings. The Labute approximate surface area is 131 Å². The minimum absolute atomic E-state index is 0.0938.